The molecule has 0 fully saturated rings. The lowest BCUT2D eigenvalue weighted by atomic mass is 10.00. The maximum absolute atomic E-state index is 14.1. The largest absolute Gasteiger partial charge is 0.481 e. The molecule has 28 heteroatoms. The number of hydrogen-bond donors (Lipinski definition) is 16. The van der Waals surface area contributed by atoms with Crippen molar-refractivity contribution < 1.29 is 78.0 Å². The molecule has 20 N–H and O–H groups in total. The summed E-state index contributed by atoms with van der Waals surface area (Å²) in [5.74, 6) is -14.2. The van der Waals surface area contributed by atoms with E-state index in [4.69, 9.17) is 22.9 Å². The summed E-state index contributed by atoms with van der Waals surface area (Å²) >= 11 is 0. The van der Waals surface area contributed by atoms with Gasteiger partial charge >= 0.3 is 11.9 Å². The Morgan fingerprint density at radius 3 is 1.41 bits per heavy atom. The van der Waals surface area contributed by atoms with Crippen molar-refractivity contribution in [3.05, 3.63) is 35.9 Å². The van der Waals surface area contributed by atoms with Gasteiger partial charge in [-0.3, -0.25) is 52.7 Å². The smallest absolute Gasteiger partial charge is 0.326 e. The number of unbranched alkanes of at least 4 members (excludes halogenated alkanes) is 1. The molecule has 0 radical (unpaired) electrons. The lowest BCUT2D eigenvalue weighted by molar-refractivity contribution is -0.143. The molecule has 0 bridgehead atoms. The van der Waals surface area contributed by atoms with Crippen LogP contribution in [-0.2, 0) is 64.0 Å². The average molecular weight is 1080 g/mol. The first kappa shape index (κ1) is 66.7. The van der Waals surface area contributed by atoms with Crippen LogP contribution in [0, 0.1) is 11.8 Å². The minimum absolute atomic E-state index is 0.0269. The van der Waals surface area contributed by atoms with Gasteiger partial charge in [0.25, 0.3) is 0 Å². The highest BCUT2D eigenvalue weighted by Gasteiger charge is 2.37. The summed E-state index contributed by atoms with van der Waals surface area (Å²) in [6, 6.07) is -6.11. The predicted molar refractivity (Wildman–Crippen MR) is 271 cm³/mol. The van der Waals surface area contributed by atoms with Crippen molar-refractivity contribution >= 4 is 71.0 Å². The second-order valence-corrected chi connectivity index (χ2v) is 19.1. The first-order valence-electron chi connectivity index (χ1n) is 24.8. The van der Waals surface area contributed by atoms with E-state index in [9.17, 15) is 78.0 Å². The molecule has 0 unspecified atom stereocenters. The third-order valence-electron chi connectivity index (χ3n) is 11.6. The van der Waals surface area contributed by atoms with Crippen LogP contribution in [0.1, 0.15) is 105 Å². The van der Waals surface area contributed by atoms with Crippen LogP contribution in [0.4, 0.5) is 0 Å². The van der Waals surface area contributed by atoms with Gasteiger partial charge in [0.15, 0.2) is 0 Å². The van der Waals surface area contributed by atoms with Crippen molar-refractivity contribution in [1.29, 1.82) is 0 Å². The van der Waals surface area contributed by atoms with Crippen LogP contribution in [0.5, 0.6) is 0 Å². The first-order chi connectivity index (χ1) is 35.5. The fourth-order valence-electron chi connectivity index (χ4n) is 7.29. The summed E-state index contributed by atoms with van der Waals surface area (Å²) in [5, 5.41) is 58.4. The molecule has 76 heavy (non-hydrogen) atoms. The molecule has 1 rings (SSSR count). The molecule has 0 aromatic heterocycles. The zero-order valence-corrected chi connectivity index (χ0v) is 43.7. The number of carbonyl (C=O) groups excluding carboxylic acids is 10. The van der Waals surface area contributed by atoms with Crippen molar-refractivity contribution in [2.75, 3.05) is 6.54 Å². The number of carbonyl (C=O) groups is 12. The van der Waals surface area contributed by atoms with Crippen LogP contribution in [-0.4, -0.2) is 165 Å². The summed E-state index contributed by atoms with van der Waals surface area (Å²) in [6.45, 7) is 9.09. The van der Waals surface area contributed by atoms with Gasteiger partial charge in [0.1, 0.15) is 54.4 Å². The van der Waals surface area contributed by atoms with Crippen LogP contribution in [0.3, 0.4) is 0 Å². The Balaban J connectivity index is 3.58. The summed E-state index contributed by atoms with van der Waals surface area (Å²) in [5.41, 5.74) is 22.7. The monoisotopic (exact) mass is 1080 g/mol. The number of hydrogen-bond acceptors (Lipinski definition) is 16. The van der Waals surface area contributed by atoms with Gasteiger partial charge in [-0.15, -0.1) is 0 Å². The first-order valence-corrected chi connectivity index (χ1v) is 24.8. The quantitative estimate of drug-likeness (QED) is 0.0280. The number of aliphatic hydroxyl groups is 2. The van der Waals surface area contributed by atoms with Gasteiger partial charge in [0.05, 0.1) is 18.6 Å². The zero-order chi connectivity index (χ0) is 58.0. The van der Waals surface area contributed by atoms with Crippen molar-refractivity contribution in [1.82, 2.24) is 42.5 Å². The average Bonchev–Trinajstić information content (AvgIpc) is 3.32. The highest BCUT2D eigenvalue weighted by atomic mass is 16.4. The van der Waals surface area contributed by atoms with E-state index in [2.05, 4.69) is 42.5 Å². The Morgan fingerprint density at radius 1 is 0.500 bits per heavy atom. The molecule has 10 amide bonds. The van der Waals surface area contributed by atoms with E-state index in [0.29, 0.717) is 12.0 Å². The highest BCUT2D eigenvalue weighted by molar-refractivity contribution is 5.99. The Hall–Kier alpha value is -7.30. The Kier molecular flexibility index (Phi) is 29.5. The minimum atomic E-state index is -1.86. The molecular formula is C48H78N12O16. The van der Waals surface area contributed by atoms with Gasteiger partial charge in [0, 0.05) is 19.3 Å². The molecule has 0 spiro atoms. The van der Waals surface area contributed by atoms with Crippen LogP contribution in [0.25, 0.3) is 0 Å². The summed E-state index contributed by atoms with van der Waals surface area (Å²) in [6.07, 6.45) is -5.96. The Morgan fingerprint density at radius 2 is 0.947 bits per heavy atom. The van der Waals surface area contributed by atoms with Gasteiger partial charge in [-0.05, 0) is 76.3 Å². The maximum atomic E-state index is 14.1. The van der Waals surface area contributed by atoms with Crippen LogP contribution < -0.4 is 65.5 Å². The second-order valence-electron chi connectivity index (χ2n) is 19.1. The number of aliphatic hydroxyl groups excluding tert-OH is 2. The number of nitrogens with two attached hydrogens (primary N) is 4. The normalized spacial score (nSPS) is 15.5. The van der Waals surface area contributed by atoms with E-state index in [1.807, 2.05) is 0 Å². The molecule has 0 saturated heterocycles. The number of primary amides is 2. The molecule has 1 aromatic rings. The number of aliphatic carboxylic acids is 2. The van der Waals surface area contributed by atoms with Gasteiger partial charge in [-0.2, -0.15) is 0 Å². The third kappa shape index (κ3) is 24.8. The van der Waals surface area contributed by atoms with E-state index in [1.54, 1.807) is 44.2 Å². The Bertz CT molecular complexity index is 2160. The molecule has 0 heterocycles. The maximum Gasteiger partial charge on any atom is 0.326 e. The summed E-state index contributed by atoms with van der Waals surface area (Å²) < 4.78 is 0. The summed E-state index contributed by atoms with van der Waals surface area (Å²) in [7, 11) is 0. The van der Waals surface area contributed by atoms with Crippen molar-refractivity contribution in [2.45, 2.75) is 172 Å². The fraction of sp³-hybridized carbons (Fsp3) is 0.625. The molecule has 0 aliphatic heterocycles. The molecule has 426 valence electrons. The topological polar surface area (TPSA) is 486 Å². The second kappa shape index (κ2) is 33.6. The Labute approximate surface area is 440 Å². The van der Waals surface area contributed by atoms with Crippen molar-refractivity contribution in [3.8, 4) is 0 Å². The standard InChI is InChI=1S/C48H78N12O16/c1-23(2)20-33(48(75)76)58-43(70)31(21-27-12-8-7-9-13-27)56-44(71)32(22-35(51)64)57-42(69)29(15-17-34(50)63)53-41(68)30(16-18-36(65)66)54-40(67)28(14-10-11-19-49)55-46(73)38(24(3)4)59-47(74)39(26(6)62)60-45(72)37(52)25(5)61/h7-9,12-13,23-26,28-33,37-39,61-62H,10-11,14-22,49,52H2,1-6H3,(H2,50,63)(H2,51,64)(H,53,68)(H,54,67)(H,55,73)(H,56,71)(H,57,69)(H,58,70)(H,59,74)(H,60,72)(H,65,66)(H,75,76)/t25-,26-,28+,29+,30+,31+,32+,33+,37+,38+,39+/m1/s1. The number of amides is 10. The molecule has 0 aliphatic rings. The lowest BCUT2D eigenvalue weighted by Gasteiger charge is -2.29. The summed E-state index contributed by atoms with van der Waals surface area (Å²) in [4.78, 5) is 158. The highest BCUT2D eigenvalue weighted by Crippen LogP contribution is 2.12. The molecule has 11 atom stereocenters. The molecule has 28 nitrogen and oxygen atoms in total. The number of carboxylic acids is 2. The number of rotatable bonds is 36. The van der Waals surface area contributed by atoms with Crippen molar-refractivity contribution in [3.63, 3.8) is 0 Å². The molecule has 1 aromatic carbocycles. The number of benzene rings is 1. The predicted octanol–water partition coefficient (Wildman–Crippen LogP) is -4.88. The van der Waals surface area contributed by atoms with E-state index in [-0.39, 0.29) is 38.1 Å². The van der Waals surface area contributed by atoms with Gasteiger partial charge in [-0.1, -0.05) is 58.0 Å². The van der Waals surface area contributed by atoms with E-state index in [1.165, 1.54) is 27.7 Å². The van der Waals surface area contributed by atoms with E-state index >= 15 is 0 Å². The van der Waals surface area contributed by atoms with Crippen LogP contribution >= 0.6 is 0 Å². The van der Waals surface area contributed by atoms with Gasteiger partial charge in [-0.25, -0.2) is 4.79 Å². The van der Waals surface area contributed by atoms with Gasteiger partial charge < -0.3 is 85.9 Å². The molecular weight excluding hydrogens is 1000 g/mol. The lowest BCUT2D eigenvalue weighted by Crippen LogP contribution is -2.62. The number of nitrogens with one attached hydrogen (secondary N) is 8. The number of carboxylic acid groups (broad SMARTS) is 2. The SMILES string of the molecule is CC(C)C[C@H](NC(=O)[C@H](Cc1ccccc1)NC(=O)[C@H](CC(N)=O)NC(=O)[C@H](CCC(N)=O)NC(=O)[C@H](CCC(=O)O)NC(=O)[C@H](CCCCN)NC(=O)[C@@H](NC(=O)[C@@H](NC(=O)[C@@H](N)[C@@H](C)O)[C@@H](C)O)C(C)C)C(=O)O. The van der Waals surface area contributed by atoms with Gasteiger partial charge in [0.2, 0.25) is 59.1 Å². The van der Waals surface area contributed by atoms with Crippen molar-refractivity contribution in [2.24, 2.45) is 34.8 Å². The van der Waals surface area contributed by atoms with Crippen LogP contribution in [0.2, 0.25) is 0 Å². The fourth-order valence-corrected chi connectivity index (χ4v) is 7.29. The van der Waals surface area contributed by atoms with Crippen LogP contribution in [0.15, 0.2) is 30.3 Å². The molecule has 0 saturated carbocycles. The molecule has 0 aliphatic carbocycles. The van der Waals surface area contributed by atoms with E-state index in [0.717, 1.165) is 0 Å². The minimum Gasteiger partial charge on any atom is -0.481 e. The van der Waals surface area contributed by atoms with E-state index < -0.39 is 176 Å². The zero-order valence-electron chi connectivity index (χ0n) is 43.7. The third-order valence-corrected chi connectivity index (χ3v) is 11.6.